The molecule has 0 spiro atoms. The zero-order valence-electron chi connectivity index (χ0n) is 14.4. The van der Waals surface area contributed by atoms with Gasteiger partial charge in [-0.3, -0.25) is 4.79 Å². The lowest BCUT2D eigenvalue weighted by Crippen LogP contribution is -2.39. The van der Waals surface area contributed by atoms with Gasteiger partial charge in [0.15, 0.2) is 0 Å². The van der Waals surface area contributed by atoms with Gasteiger partial charge in [-0.1, -0.05) is 32.7 Å². The van der Waals surface area contributed by atoms with Crippen LogP contribution in [0, 0.1) is 0 Å². The van der Waals surface area contributed by atoms with Gasteiger partial charge in [0.2, 0.25) is 11.7 Å². The van der Waals surface area contributed by atoms with E-state index in [1.807, 2.05) is 29.2 Å². The summed E-state index contributed by atoms with van der Waals surface area (Å²) in [6, 6.07) is 14.7. The van der Waals surface area contributed by atoms with Gasteiger partial charge in [-0.2, -0.15) is 4.98 Å². The first-order chi connectivity index (χ1) is 13.1. The Kier molecular flexibility index (Phi) is 5.27. The number of carbonyl (C=O) groups excluding carboxylic acids is 1. The Labute approximate surface area is 170 Å². The summed E-state index contributed by atoms with van der Waals surface area (Å²) < 4.78 is 6.51. The largest absolute Gasteiger partial charge is 0.339 e. The van der Waals surface area contributed by atoms with Gasteiger partial charge in [-0.15, -0.1) is 0 Å². The number of benzene rings is 2. The third-order valence-corrected chi connectivity index (χ3v) is 5.47. The molecule has 0 bridgehead atoms. The number of carbonyl (C=O) groups is 1. The van der Waals surface area contributed by atoms with Crippen LogP contribution < -0.4 is 0 Å². The van der Waals surface area contributed by atoms with Crippen LogP contribution in [-0.2, 0) is 0 Å². The Morgan fingerprint density at radius 2 is 1.89 bits per heavy atom. The predicted octanol–water partition coefficient (Wildman–Crippen LogP) is 5.17. The van der Waals surface area contributed by atoms with E-state index in [1.165, 1.54) is 0 Å². The summed E-state index contributed by atoms with van der Waals surface area (Å²) in [5, 5.41) is 4.73. The highest BCUT2D eigenvalue weighted by Gasteiger charge is 2.29. The second kappa shape index (κ2) is 7.82. The van der Waals surface area contributed by atoms with E-state index < -0.39 is 0 Å². The summed E-state index contributed by atoms with van der Waals surface area (Å²) in [5.74, 6) is 1.20. The monoisotopic (exact) mass is 445 g/mol. The van der Waals surface area contributed by atoms with Crippen LogP contribution in [-0.4, -0.2) is 34.0 Å². The van der Waals surface area contributed by atoms with Gasteiger partial charge in [0.1, 0.15) is 0 Å². The van der Waals surface area contributed by atoms with E-state index in [0.29, 0.717) is 28.8 Å². The Balaban J connectivity index is 1.49. The minimum Gasteiger partial charge on any atom is -0.339 e. The van der Waals surface area contributed by atoms with Crippen molar-refractivity contribution in [1.82, 2.24) is 15.0 Å². The molecule has 0 radical (unpaired) electrons. The molecule has 1 amide bonds. The highest BCUT2D eigenvalue weighted by molar-refractivity contribution is 9.10. The van der Waals surface area contributed by atoms with Gasteiger partial charge in [-0.05, 0) is 61.4 Å². The first-order valence-corrected chi connectivity index (χ1v) is 9.91. The van der Waals surface area contributed by atoms with E-state index in [4.69, 9.17) is 16.1 Å². The zero-order valence-corrected chi connectivity index (χ0v) is 16.8. The number of likely N-dealkylation sites (tertiary alicyclic amines) is 1. The first kappa shape index (κ1) is 18.2. The smallest absolute Gasteiger partial charge is 0.253 e. The van der Waals surface area contributed by atoms with Crippen LogP contribution in [0.3, 0.4) is 0 Å². The number of hydrogen-bond acceptors (Lipinski definition) is 4. The maximum Gasteiger partial charge on any atom is 0.253 e. The molecule has 0 aliphatic carbocycles. The average Bonchev–Trinajstić information content (AvgIpc) is 3.19. The molecular weight excluding hydrogens is 430 g/mol. The second-order valence-corrected chi connectivity index (χ2v) is 7.91. The summed E-state index contributed by atoms with van der Waals surface area (Å²) in [7, 11) is 0. The molecule has 0 N–H and O–H groups in total. The van der Waals surface area contributed by atoms with Gasteiger partial charge >= 0.3 is 0 Å². The Bertz CT molecular complexity index is 941. The third kappa shape index (κ3) is 4.06. The fraction of sp³-hybridized carbons (Fsp3) is 0.250. The van der Waals surface area contributed by atoms with Crippen molar-refractivity contribution in [2.45, 2.75) is 18.8 Å². The molecule has 27 heavy (non-hydrogen) atoms. The lowest BCUT2D eigenvalue weighted by Gasteiger charge is -2.31. The lowest BCUT2D eigenvalue weighted by molar-refractivity contribution is 0.0695. The number of rotatable bonds is 3. The Morgan fingerprint density at radius 3 is 2.63 bits per heavy atom. The molecule has 1 aliphatic rings. The maximum absolute atomic E-state index is 12.8. The van der Waals surface area contributed by atoms with E-state index in [9.17, 15) is 4.79 Å². The highest BCUT2D eigenvalue weighted by atomic mass is 79.9. The molecule has 1 atom stereocenters. The molecule has 1 saturated heterocycles. The number of halogens is 2. The minimum absolute atomic E-state index is 0.00372. The summed E-state index contributed by atoms with van der Waals surface area (Å²) >= 11 is 9.33. The van der Waals surface area contributed by atoms with Crippen molar-refractivity contribution < 1.29 is 9.32 Å². The SMILES string of the molecule is O=C(c1ccc(Cl)cc1)N1CCCC(c2nc(-c3ccc(Br)cc3)no2)C1. The van der Waals surface area contributed by atoms with E-state index >= 15 is 0 Å². The van der Waals surface area contributed by atoms with Crippen LogP contribution in [0.2, 0.25) is 5.02 Å². The fourth-order valence-electron chi connectivity index (χ4n) is 3.26. The molecule has 2 heterocycles. The molecule has 1 unspecified atom stereocenters. The number of nitrogens with zero attached hydrogens (tertiary/aromatic N) is 3. The van der Waals surface area contributed by atoms with E-state index in [1.54, 1.807) is 24.3 Å². The molecule has 5 nitrogen and oxygen atoms in total. The molecule has 1 aliphatic heterocycles. The van der Waals surface area contributed by atoms with Gasteiger partial charge in [0.25, 0.3) is 5.91 Å². The van der Waals surface area contributed by atoms with Crippen molar-refractivity contribution in [2.75, 3.05) is 13.1 Å². The molecule has 1 fully saturated rings. The van der Waals surface area contributed by atoms with Crippen molar-refractivity contribution in [3.05, 3.63) is 69.5 Å². The number of hydrogen-bond donors (Lipinski definition) is 0. The van der Waals surface area contributed by atoms with Gasteiger partial charge in [-0.25, -0.2) is 0 Å². The average molecular weight is 447 g/mol. The number of amides is 1. The summed E-state index contributed by atoms with van der Waals surface area (Å²) in [6.45, 7) is 1.30. The zero-order chi connectivity index (χ0) is 18.8. The van der Waals surface area contributed by atoms with Crippen LogP contribution >= 0.6 is 27.5 Å². The van der Waals surface area contributed by atoms with Crippen molar-refractivity contribution >= 4 is 33.4 Å². The summed E-state index contributed by atoms with van der Waals surface area (Å²) in [6.07, 6.45) is 1.83. The normalized spacial score (nSPS) is 17.1. The van der Waals surface area contributed by atoms with Crippen LogP contribution in [0.4, 0.5) is 0 Å². The van der Waals surface area contributed by atoms with Gasteiger partial charge < -0.3 is 9.42 Å². The fourth-order valence-corrected chi connectivity index (χ4v) is 3.65. The Hall–Kier alpha value is -2.18. The molecule has 4 rings (SSSR count). The van der Waals surface area contributed by atoms with Crippen molar-refractivity contribution in [2.24, 2.45) is 0 Å². The number of piperidine rings is 1. The van der Waals surface area contributed by atoms with Gasteiger partial charge in [0.05, 0.1) is 5.92 Å². The van der Waals surface area contributed by atoms with Crippen molar-refractivity contribution in [3.63, 3.8) is 0 Å². The van der Waals surface area contributed by atoms with E-state index in [0.717, 1.165) is 29.4 Å². The van der Waals surface area contributed by atoms with Gasteiger partial charge in [0, 0.05) is 33.7 Å². The minimum atomic E-state index is 0.00372. The quantitative estimate of drug-likeness (QED) is 0.557. The second-order valence-electron chi connectivity index (χ2n) is 6.56. The summed E-state index contributed by atoms with van der Waals surface area (Å²) in [5.41, 5.74) is 1.54. The van der Waals surface area contributed by atoms with Crippen LogP contribution in [0.25, 0.3) is 11.4 Å². The lowest BCUT2D eigenvalue weighted by atomic mass is 9.97. The molecule has 0 saturated carbocycles. The van der Waals surface area contributed by atoms with E-state index in [2.05, 4.69) is 26.1 Å². The van der Waals surface area contributed by atoms with Crippen LogP contribution in [0.5, 0.6) is 0 Å². The summed E-state index contributed by atoms with van der Waals surface area (Å²) in [4.78, 5) is 19.2. The van der Waals surface area contributed by atoms with Crippen LogP contribution in [0.1, 0.15) is 35.0 Å². The topological polar surface area (TPSA) is 59.2 Å². The standard InChI is InChI=1S/C20H17BrClN3O2/c21-16-7-3-13(4-8-16)18-23-19(27-24-18)15-2-1-11-25(12-15)20(26)14-5-9-17(22)10-6-14/h3-10,15H,1-2,11-12H2. The molecule has 7 heteroatoms. The van der Waals surface area contributed by atoms with Crippen LogP contribution in [0.15, 0.2) is 57.5 Å². The van der Waals surface area contributed by atoms with Crippen molar-refractivity contribution in [3.8, 4) is 11.4 Å². The number of aromatic nitrogens is 2. The third-order valence-electron chi connectivity index (χ3n) is 4.69. The van der Waals surface area contributed by atoms with Crippen molar-refractivity contribution in [1.29, 1.82) is 0 Å². The molecule has 2 aromatic carbocycles. The molecule has 1 aromatic heterocycles. The highest BCUT2D eigenvalue weighted by Crippen LogP contribution is 2.29. The Morgan fingerprint density at radius 1 is 1.15 bits per heavy atom. The molecule has 138 valence electrons. The predicted molar refractivity (Wildman–Crippen MR) is 107 cm³/mol. The maximum atomic E-state index is 12.8. The van der Waals surface area contributed by atoms with E-state index in [-0.39, 0.29) is 11.8 Å². The molecular formula is C20H17BrClN3O2. The molecule has 3 aromatic rings. The first-order valence-electron chi connectivity index (χ1n) is 8.74.